The van der Waals surface area contributed by atoms with E-state index in [9.17, 15) is 9.59 Å². The van der Waals surface area contributed by atoms with Gasteiger partial charge >= 0.3 is 0 Å². The Morgan fingerprint density at radius 1 is 1.41 bits per heavy atom. The van der Waals surface area contributed by atoms with E-state index in [4.69, 9.17) is 0 Å². The Labute approximate surface area is 169 Å². The summed E-state index contributed by atoms with van der Waals surface area (Å²) in [5.74, 6) is 0.452. The molecule has 0 aromatic carbocycles. The van der Waals surface area contributed by atoms with E-state index in [1.165, 1.54) is 29.5 Å². The highest BCUT2D eigenvalue weighted by Gasteiger charge is 2.25. The van der Waals surface area contributed by atoms with Crippen LogP contribution in [0.3, 0.4) is 0 Å². The molecule has 0 saturated carbocycles. The van der Waals surface area contributed by atoms with Crippen LogP contribution < -0.4 is 5.56 Å². The average Bonchev–Trinajstić information content (AvgIpc) is 3.35. The SMILES string of the molecule is CC[C@@H]1CCCCN1C(=O)CSc1nc2scc(-c3cccs3)c2c(=O)[nH]1. The molecule has 0 radical (unpaired) electrons. The summed E-state index contributed by atoms with van der Waals surface area (Å²) < 4.78 is 0. The van der Waals surface area contributed by atoms with E-state index in [1.807, 2.05) is 27.8 Å². The van der Waals surface area contributed by atoms with Crippen molar-refractivity contribution in [3.8, 4) is 10.4 Å². The maximum Gasteiger partial charge on any atom is 0.260 e. The molecule has 1 aliphatic rings. The number of fused-ring (bicyclic) bond motifs is 1. The van der Waals surface area contributed by atoms with Crippen LogP contribution in [0.5, 0.6) is 0 Å². The van der Waals surface area contributed by atoms with Gasteiger partial charge in [0.1, 0.15) is 4.83 Å². The van der Waals surface area contributed by atoms with Crippen LogP contribution in [0.25, 0.3) is 20.7 Å². The van der Waals surface area contributed by atoms with E-state index >= 15 is 0 Å². The van der Waals surface area contributed by atoms with Gasteiger partial charge < -0.3 is 9.88 Å². The molecular weight excluding hydrogens is 398 g/mol. The van der Waals surface area contributed by atoms with Crippen molar-refractivity contribution >= 4 is 50.6 Å². The molecule has 3 aromatic heterocycles. The Morgan fingerprint density at radius 3 is 3.07 bits per heavy atom. The van der Waals surface area contributed by atoms with Crippen LogP contribution in [0, 0.1) is 0 Å². The summed E-state index contributed by atoms with van der Waals surface area (Å²) in [5.41, 5.74) is 0.800. The van der Waals surface area contributed by atoms with Crippen LogP contribution in [0.2, 0.25) is 0 Å². The van der Waals surface area contributed by atoms with Crippen molar-refractivity contribution in [2.45, 2.75) is 43.8 Å². The summed E-state index contributed by atoms with van der Waals surface area (Å²) in [6.07, 6.45) is 4.37. The van der Waals surface area contributed by atoms with Crippen molar-refractivity contribution in [3.05, 3.63) is 33.2 Å². The Hall–Kier alpha value is -1.64. The molecule has 0 spiro atoms. The van der Waals surface area contributed by atoms with Gasteiger partial charge in [0.2, 0.25) is 5.91 Å². The first-order valence-corrected chi connectivity index (χ1v) is 11.9. The second kappa shape index (κ2) is 8.16. The molecule has 1 fully saturated rings. The van der Waals surface area contributed by atoms with E-state index in [1.54, 1.807) is 11.3 Å². The number of amides is 1. The largest absolute Gasteiger partial charge is 0.339 e. The number of carbonyl (C=O) groups is 1. The van der Waals surface area contributed by atoms with E-state index in [0.717, 1.165) is 41.1 Å². The van der Waals surface area contributed by atoms with Crippen molar-refractivity contribution in [1.82, 2.24) is 14.9 Å². The number of piperidine rings is 1. The molecule has 1 amide bonds. The maximum atomic E-state index is 12.6. The van der Waals surface area contributed by atoms with E-state index < -0.39 is 0 Å². The summed E-state index contributed by atoms with van der Waals surface area (Å²) in [6, 6.07) is 4.34. The van der Waals surface area contributed by atoms with Crippen molar-refractivity contribution in [3.63, 3.8) is 0 Å². The van der Waals surface area contributed by atoms with Gasteiger partial charge in [0, 0.05) is 28.4 Å². The third-order valence-corrected chi connectivity index (χ3v) is 7.59. The molecule has 0 bridgehead atoms. The van der Waals surface area contributed by atoms with Crippen molar-refractivity contribution < 1.29 is 4.79 Å². The molecule has 8 heteroatoms. The third kappa shape index (κ3) is 3.83. The Bertz CT molecular complexity index is 993. The second-order valence-corrected chi connectivity index (χ2v) is 9.38. The lowest BCUT2D eigenvalue weighted by atomic mass is 10.0. The highest BCUT2D eigenvalue weighted by Crippen LogP contribution is 2.34. The fourth-order valence-corrected chi connectivity index (χ4v) is 6.14. The lowest BCUT2D eigenvalue weighted by molar-refractivity contribution is -0.132. The van der Waals surface area contributed by atoms with E-state index in [0.29, 0.717) is 22.3 Å². The maximum absolute atomic E-state index is 12.6. The number of aromatic nitrogens is 2. The van der Waals surface area contributed by atoms with Crippen LogP contribution in [-0.4, -0.2) is 39.1 Å². The predicted molar refractivity (Wildman–Crippen MR) is 114 cm³/mol. The third-order valence-electron chi connectivity index (χ3n) is 4.96. The van der Waals surface area contributed by atoms with Gasteiger partial charge in [-0.05, 0) is 37.1 Å². The molecule has 0 aliphatic carbocycles. The molecule has 5 nitrogen and oxygen atoms in total. The number of likely N-dealkylation sites (tertiary alicyclic amines) is 1. The Balaban J connectivity index is 1.51. The van der Waals surface area contributed by atoms with Gasteiger partial charge in [-0.2, -0.15) is 0 Å². The lowest BCUT2D eigenvalue weighted by Crippen LogP contribution is -2.44. The molecule has 1 atom stereocenters. The standard InChI is InChI=1S/C19H21N3O2S3/c1-2-12-6-3-4-8-22(12)15(23)11-27-19-20-17(24)16-13(10-26-18(16)21-19)14-7-5-9-25-14/h5,7,9-10,12H,2-4,6,8,11H2,1H3,(H,20,21,24)/t12-/m1/s1. The summed E-state index contributed by atoms with van der Waals surface area (Å²) in [4.78, 5) is 36.5. The number of carbonyl (C=O) groups excluding carboxylic acids is 1. The molecular formula is C19H21N3O2S3. The van der Waals surface area contributed by atoms with Gasteiger partial charge in [-0.15, -0.1) is 22.7 Å². The zero-order valence-electron chi connectivity index (χ0n) is 15.1. The minimum atomic E-state index is -0.135. The van der Waals surface area contributed by atoms with Crippen molar-refractivity contribution in [2.24, 2.45) is 0 Å². The molecule has 4 rings (SSSR count). The molecule has 27 heavy (non-hydrogen) atoms. The smallest absolute Gasteiger partial charge is 0.260 e. The van der Waals surface area contributed by atoms with Gasteiger partial charge in [-0.1, -0.05) is 24.8 Å². The summed E-state index contributed by atoms with van der Waals surface area (Å²) >= 11 is 4.41. The quantitative estimate of drug-likeness (QED) is 0.485. The first-order chi connectivity index (χ1) is 13.2. The number of nitrogens with zero attached hydrogens (tertiary/aromatic N) is 2. The van der Waals surface area contributed by atoms with Gasteiger partial charge in [-0.3, -0.25) is 9.59 Å². The molecule has 3 aromatic rings. The number of nitrogens with one attached hydrogen (secondary N) is 1. The first-order valence-electron chi connectivity index (χ1n) is 9.15. The number of H-pyrrole nitrogens is 1. The zero-order valence-corrected chi connectivity index (χ0v) is 17.5. The highest BCUT2D eigenvalue weighted by atomic mass is 32.2. The van der Waals surface area contributed by atoms with Crippen LogP contribution in [0.15, 0.2) is 32.8 Å². The summed E-state index contributed by atoms with van der Waals surface area (Å²) in [6.45, 7) is 2.98. The fourth-order valence-electron chi connectivity index (χ4n) is 3.58. The normalized spacial score (nSPS) is 17.5. The number of rotatable bonds is 5. The lowest BCUT2D eigenvalue weighted by Gasteiger charge is -2.35. The molecule has 1 saturated heterocycles. The number of thioether (sulfide) groups is 1. The number of aromatic amines is 1. The monoisotopic (exact) mass is 419 g/mol. The average molecular weight is 420 g/mol. The van der Waals surface area contributed by atoms with Crippen LogP contribution in [0.1, 0.15) is 32.6 Å². The topological polar surface area (TPSA) is 66.1 Å². The fraction of sp³-hybridized carbons (Fsp3) is 0.421. The number of hydrogen-bond acceptors (Lipinski definition) is 6. The van der Waals surface area contributed by atoms with Gasteiger partial charge in [0.05, 0.1) is 11.1 Å². The predicted octanol–water partition coefficient (Wildman–Crippen LogP) is 4.60. The minimum Gasteiger partial charge on any atom is -0.339 e. The van der Waals surface area contributed by atoms with Gasteiger partial charge in [0.15, 0.2) is 5.16 Å². The van der Waals surface area contributed by atoms with E-state index in [-0.39, 0.29) is 11.5 Å². The zero-order chi connectivity index (χ0) is 18.8. The van der Waals surface area contributed by atoms with Crippen LogP contribution in [0.4, 0.5) is 0 Å². The van der Waals surface area contributed by atoms with Crippen molar-refractivity contribution in [1.29, 1.82) is 0 Å². The van der Waals surface area contributed by atoms with Gasteiger partial charge in [-0.25, -0.2) is 4.98 Å². The van der Waals surface area contributed by atoms with Gasteiger partial charge in [0.25, 0.3) is 5.56 Å². The first kappa shape index (κ1) is 18.7. The number of thiophene rings is 2. The van der Waals surface area contributed by atoms with Crippen LogP contribution in [-0.2, 0) is 4.79 Å². The van der Waals surface area contributed by atoms with E-state index in [2.05, 4.69) is 16.9 Å². The molecule has 142 valence electrons. The number of hydrogen-bond donors (Lipinski definition) is 1. The Morgan fingerprint density at radius 2 is 2.30 bits per heavy atom. The summed E-state index contributed by atoms with van der Waals surface area (Å²) in [7, 11) is 0. The molecule has 4 heterocycles. The molecule has 1 N–H and O–H groups in total. The summed E-state index contributed by atoms with van der Waals surface area (Å²) in [5, 5.41) is 5.14. The van der Waals surface area contributed by atoms with Crippen LogP contribution >= 0.6 is 34.4 Å². The second-order valence-electron chi connectivity index (χ2n) is 6.61. The van der Waals surface area contributed by atoms with Crippen molar-refractivity contribution in [2.75, 3.05) is 12.3 Å². The molecule has 0 unspecified atom stereocenters. The minimum absolute atomic E-state index is 0.135. The molecule has 1 aliphatic heterocycles. The highest BCUT2D eigenvalue weighted by molar-refractivity contribution is 7.99. The Kier molecular flexibility index (Phi) is 5.66.